The predicted octanol–water partition coefficient (Wildman–Crippen LogP) is 0.00170. The Hall–Kier alpha value is -0.170. The number of nitrogens with zero attached hydrogens (tertiary/aromatic N) is 1. The molecule has 2 aliphatic rings. The SMILES string of the molecule is CC1CN(C2(CN)CCS(=O)(=O)CC2)CC(C)O1. The van der Waals surface area contributed by atoms with Gasteiger partial charge in [-0.3, -0.25) is 4.90 Å². The normalized spacial score (nSPS) is 36.4. The lowest BCUT2D eigenvalue weighted by molar-refractivity contribution is -0.103. The number of hydrogen-bond acceptors (Lipinski definition) is 5. The second kappa shape index (κ2) is 5.07. The molecule has 0 aromatic rings. The molecule has 2 unspecified atom stereocenters. The van der Waals surface area contributed by atoms with Crippen molar-refractivity contribution in [3.8, 4) is 0 Å². The van der Waals surface area contributed by atoms with E-state index in [0.29, 0.717) is 19.4 Å². The van der Waals surface area contributed by atoms with Crippen molar-refractivity contribution in [3.05, 3.63) is 0 Å². The minimum absolute atomic E-state index is 0.141. The molecule has 2 fully saturated rings. The first-order chi connectivity index (χ1) is 8.37. The third-order valence-corrected chi connectivity index (χ3v) is 5.88. The van der Waals surface area contributed by atoms with E-state index < -0.39 is 9.84 Å². The van der Waals surface area contributed by atoms with Gasteiger partial charge >= 0.3 is 0 Å². The van der Waals surface area contributed by atoms with Crippen molar-refractivity contribution in [2.45, 2.75) is 44.4 Å². The Kier molecular flexibility index (Phi) is 4.02. The molecule has 106 valence electrons. The molecule has 18 heavy (non-hydrogen) atoms. The van der Waals surface area contributed by atoms with Gasteiger partial charge in [-0.25, -0.2) is 8.42 Å². The van der Waals surface area contributed by atoms with Gasteiger partial charge in [-0.1, -0.05) is 0 Å². The Morgan fingerprint density at radius 3 is 2.17 bits per heavy atom. The Morgan fingerprint density at radius 2 is 1.72 bits per heavy atom. The zero-order chi connectivity index (χ0) is 13.4. The van der Waals surface area contributed by atoms with Crippen molar-refractivity contribution >= 4 is 9.84 Å². The molecule has 0 aromatic heterocycles. The van der Waals surface area contributed by atoms with Gasteiger partial charge in [-0.15, -0.1) is 0 Å². The van der Waals surface area contributed by atoms with E-state index in [0.717, 1.165) is 13.1 Å². The predicted molar refractivity (Wildman–Crippen MR) is 71.3 cm³/mol. The van der Waals surface area contributed by atoms with Crippen LogP contribution >= 0.6 is 0 Å². The van der Waals surface area contributed by atoms with Gasteiger partial charge in [-0.2, -0.15) is 0 Å². The lowest BCUT2D eigenvalue weighted by Gasteiger charge is -2.50. The summed E-state index contributed by atoms with van der Waals surface area (Å²) in [6, 6.07) is 0. The molecule has 0 amide bonds. The topological polar surface area (TPSA) is 72.6 Å². The van der Waals surface area contributed by atoms with E-state index in [1.165, 1.54) is 0 Å². The highest BCUT2D eigenvalue weighted by Gasteiger charge is 2.43. The molecule has 0 radical (unpaired) electrons. The zero-order valence-corrected chi connectivity index (χ0v) is 12.1. The van der Waals surface area contributed by atoms with Crippen LogP contribution in [0.25, 0.3) is 0 Å². The minimum Gasteiger partial charge on any atom is -0.373 e. The maximum atomic E-state index is 11.6. The van der Waals surface area contributed by atoms with Gasteiger partial charge in [0.25, 0.3) is 0 Å². The van der Waals surface area contributed by atoms with Crippen molar-refractivity contribution in [2.75, 3.05) is 31.1 Å². The highest BCUT2D eigenvalue weighted by Crippen LogP contribution is 2.31. The Morgan fingerprint density at radius 1 is 1.22 bits per heavy atom. The molecule has 6 heteroatoms. The van der Waals surface area contributed by atoms with Crippen LogP contribution in [0.1, 0.15) is 26.7 Å². The summed E-state index contributed by atoms with van der Waals surface area (Å²) < 4.78 is 28.9. The van der Waals surface area contributed by atoms with Crippen molar-refractivity contribution in [3.63, 3.8) is 0 Å². The summed E-state index contributed by atoms with van der Waals surface area (Å²) in [7, 11) is -2.84. The Bertz CT molecular complexity index is 372. The fourth-order valence-electron chi connectivity index (χ4n) is 3.13. The van der Waals surface area contributed by atoms with Crippen LogP contribution in [0.3, 0.4) is 0 Å². The molecule has 0 aliphatic carbocycles. The number of nitrogens with two attached hydrogens (primary N) is 1. The summed E-state index contributed by atoms with van der Waals surface area (Å²) in [5.74, 6) is 0.536. The zero-order valence-electron chi connectivity index (χ0n) is 11.3. The van der Waals surface area contributed by atoms with Crippen LogP contribution in [-0.2, 0) is 14.6 Å². The molecule has 5 nitrogen and oxygen atoms in total. The van der Waals surface area contributed by atoms with Crippen LogP contribution in [-0.4, -0.2) is 62.2 Å². The van der Waals surface area contributed by atoms with Crippen LogP contribution in [0.15, 0.2) is 0 Å². The van der Waals surface area contributed by atoms with Crippen LogP contribution in [0.5, 0.6) is 0 Å². The molecule has 2 N–H and O–H groups in total. The lowest BCUT2D eigenvalue weighted by atomic mass is 9.88. The van der Waals surface area contributed by atoms with Gasteiger partial charge in [0.05, 0.1) is 23.7 Å². The molecule has 2 aliphatic heterocycles. The molecule has 2 rings (SSSR count). The van der Waals surface area contributed by atoms with Crippen molar-refractivity contribution in [1.82, 2.24) is 4.90 Å². The number of hydrogen-bond donors (Lipinski definition) is 1. The summed E-state index contributed by atoms with van der Waals surface area (Å²) in [6.07, 6.45) is 1.70. The second-order valence-electron chi connectivity index (χ2n) is 5.74. The van der Waals surface area contributed by atoms with Crippen LogP contribution in [0.2, 0.25) is 0 Å². The Labute approximate surface area is 110 Å². The quantitative estimate of drug-likeness (QED) is 0.769. The fraction of sp³-hybridized carbons (Fsp3) is 1.00. The van der Waals surface area contributed by atoms with Crippen LogP contribution in [0.4, 0.5) is 0 Å². The smallest absolute Gasteiger partial charge is 0.150 e. The van der Waals surface area contributed by atoms with Gasteiger partial charge in [0, 0.05) is 25.2 Å². The first kappa shape index (κ1) is 14.2. The van der Waals surface area contributed by atoms with Gasteiger partial charge < -0.3 is 10.5 Å². The molecule has 0 saturated carbocycles. The lowest BCUT2D eigenvalue weighted by Crippen LogP contribution is -2.63. The highest BCUT2D eigenvalue weighted by atomic mass is 32.2. The van der Waals surface area contributed by atoms with E-state index in [4.69, 9.17) is 10.5 Å². The maximum absolute atomic E-state index is 11.6. The number of ether oxygens (including phenoxy) is 1. The summed E-state index contributed by atoms with van der Waals surface area (Å²) in [5, 5.41) is 0. The summed E-state index contributed by atoms with van der Waals surface area (Å²) in [4.78, 5) is 2.36. The molecule has 0 spiro atoms. The number of rotatable bonds is 2. The molecule has 2 saturated heterocycles. The van der Waals surface area contributed by atoms with Gasteiger partial charge in [0.15, 0.2) is 0 Å². The number of sulfone groups is 1. The molecule has 0 aromatic carbocycles. The molecule has 2 heterocycles. The fourth-order valence-corrected chi connectivity index (χ4v) is 4.72. The van der Waals surface area contributed by atoms with E-state index in [-0.39, 0.29) is 29.3 Å². The van der Waals surface area contributed by atoms with E-state index in [1.54, 1.807) is 0 Å². The minimum atomic E-state index is -2.84. The number of morpholine rings is 1. The van der Waals surface area contributed by atoms with E-state index in [1.807, 2.05) is 0 Å². The monoisotopic (exact) mass is 276 g/mol. The van der Waals surface area contributed by atoms with E-state index in [2.05, 4.69) is 18.7 Å². The highest BCUT2D eigenvalue weighted by molar-refractivity contribution is 7.91. The first-order valence-electron chi connectivity index (χ1n) is 6.68. The van der Waals surface area contributed by atoms with Crippen molar-refractivity contribution in [2.24, 2.45) is 5.73 Å². The molecular weight excluding hydrogens is 252 g/mol. The molecule has 2 atom stereocenters. The third-order valence-electron chi connectivity index (χ3n) is 4.23. The van der Waals surface area contributed by atoms with E-state index in [9.17, 15) is 8.42 Å². The van der Waals surface area contributed by atoms with E-state index >= 15 is 0 Å². The van der Waals surface area contributed by atoms with Gasteiger partial charge in [0.1, 0.15) is 9.84 Å². The Balaban J connectivity index is 2.13. The summed E-state index contributed by atoms with van der Waals surface area (Å²) in [6.45, 7) is 6.35. The summed E-state index contributed by atoms with van der Waals surface area (Å²) in [5.41, 5.74) is 5.83. The van der Waals surface area contributed by atoms with Crippen LogP contribution < -0.4 is 5.73 Å². The van der Waals surface area contributed by atoms with Gasteiger partial charge in [-0.05, 0) is 26.7 Å². The summed E-state index contributed by atoms with van der Waals surface area (Å²) >= 11 is 0. The first-order valence-corrected chi connectivity index (χ1v) is 8.50. The second-order valence-corrected chi connectivity index (χ2v) is 8.05. The largest absolute Gasteiger partial charge is 0.373 e. The maximum Gasteiger partial charge on any atom is 0.150 e. The molecule has 0 bridgehead atoms. The van der Waals surface area contributed by atoms with Crippen molar-refractivity contribution < 1.29 is 13.2 Å². The van der Waals surface area contributed by atoms with Crippen molar-refractivity contribution in [1.29, 1.82) is 0 Å². The average molecular weight is 276 g/mol. The average Bonchev–Trinajstić information content (AvgIpc) is 2.28. The third kappa shape index (κ3) is 2.87. The molecular formula is C12H24N2O3S. The standard InChI is InChI=1S/C12H24N2O3S/c1-10-7-14(8-11(2)17-10)12(9-13)3-5-18(15,16)6-4-12/h10-11H,3-9,13H2,1-2H3. The van der Waals surface area contributed by atoms with Crippen LogP contribution in [0, 0.1) is 0 Å². The van der Waals surface area contributed by atoms with Gasteiger partial charge in [0.2, 0.25) is 0 Å².